The molecule has 5 heteroatoms. The lowest BCUT2D eigenvalue weighted by molar-refractivity contribution is -0.146. The topological polar surface area (TPSA) is 86.6 Å². The van der Waals surface area contributed by atoms with E-state index < -0.39 is 12.1 Å². The van der Waals surface area contributed by atoms with Gasteiger partial charge >= 0.3 is 5.97 Å². The van der Waals surface area contributed by atoms with Gasteiger partial charge in [-0.15, -0.1) is 6.58 Å². The van der Waals surface area contributed by atoms with Gasteiger partial charge in [-0.2, -0.15) is 0 Å². The van der Waals surface area contributed by atoms with Crippen molar-refractivity contribution in [3.05, 3.63) is 12.7 Å². The Morgan fingerprint density at radius 2 is 2.15 bits per heavy atom. The predicted octanol–water partition coefficient (Wildman–Crippen LogP) is -0.486. The SMILES string of the molecule is C=CCCC(=O)NC[C@H](O)C(=O)O. The van der Waals surface area contributed by atoms with Crippen LogP contribution in [0.2, 0.25) is 0 Å². The summed E-state index contributed by atoms with van der Waals surface area (Å²) >= 11 is 0. The Balaban J connectivity index is 3.57. The van der Waals surface area contributed by atoms with E-state index in [9.17, 15) is 9.59 Å². The Bertz CT molecular complexity index is 202. The number of hydrogen-bond acceptors (Lipinski definition) is 3. The van der Waals surface area contributed by atoms with Gasteiger partial charge in [-0.1, -0.05) is 6.08 Å². The zero-order chi connectivity index (χ0) is 10.3. The van der Waals surface area contributed by atoms with E-state index in [1.165, 1.54) is 0 Å². The van der Waals surface area contributed by atoms with Crippen LogP contribution in [0.5, 0.6) is 0 Å². The molecule has 0 bridgehead atoms. The lowest BCUT2D eigenvalue weighted by Gasteiger charge is -2.06. The molecule has 0 spiro atoms. The van der Waals surface area contributed by atoms with E-state index in [2.05, 4.69) is 11.9 Å². The molecule has 3 N–H and O–H groups in total. The normalized spacial score (nSPS) is 11.8. The molecule has 0 saturated carbocycles. The highest BCUT2D eigenvalue weighted by atomic mass is 16.4. The molecule has 13 heavy (non-hydrogen) atoms. The second kappa shape index (κ2) is 6.19. The van der Waals surface area contributed by atoms with Crippen molar-refractivity contribution in [2.45, 2.75) is 18.9 Å². The number of nitrogens with one attached hydrogen (secondary N) is 1. The maximum Gasteiger partial charge on any atom is 0.334 e. The first-order chi connectivity index (χ1) is 6.07. The molecule has 0 saturated heterocycles. The standard InChI is InChI=1S/C8H13NO4/c1-2-3-4-7(11)9-5-6(10)8(12)13/h2,6,10H,1,3-5H2,(H,9,11)(H,12,13)/t6-/m0/s1. The number of carbonyl (C=O) groups excluding carboxylic acids is 1. The molecule has 0 fully saturated rings. The van der Waals surface area contributed by atoms with Gasteiger partial charge in [0.1, 0.15) is 0 Å². The number of carbonyl (C=O) groups is 2. The van der Waals surface area contributed by atoms with Crippen molar-refractivity contribution in [1.29, 1.82) is 0 Å². The van der Waals surface area contributed by atoms with Crippen LogP contribution in [0.25, 0.3) is 0 Å². The van der Waals surface area contributed by atoms with Gasteiger partial charge in [-0.05, 0) is 6.42 Å². The first-order valence-electron chi connectivity index (χ1n) is 3.86. The maximum absolute atomic E-state index is 10.9. The lowest BCUT2D eigenvalue weighted by Crippen LogP contribution is -2.36. The molecule has 0 rings (SSSR count). The minimum Gasteiger partial charge on any atom is -0.479 e. The molecule has 0 aromatic heterocycles. The van der Waals surface area contributed by atoms with Gasteiger partial charge < -0.3 is 15.5 Å². The number of allylic oxidation sites excluding steroid dienone is 1. The van der Waals surface area contributed by atoms with Crippen LogP contribution < -0.4 is 5.32 Å². The number of carboxylic acids is 1. The number of amides is 1. The fourth-order valence-electron chi connectivity index (χ4n) is 0.619. The van der Waals surface area contributed by atoms with Crippen LogP contribution >= 0.6 is 0 Å². The van der Waals surface area contributed by atoms with Crippen molar-refractivity contribution in [2.75, 3.05) is 6.54 Å². The Morgan fingerprint density at radius 3 is 2.62 bits per heavy atom. The highest BCUT2D eigenvalue weighted by Gasteiger charge is 2.13. The summed E-state index contributed by atoms with van der Waals surface area (Å²) in [5, 5.41) is 19.3. The summed E-state index contributed by atoms with van der Waals surface area (Å²) in [6, 6.07) is 0. The van der Waals surface area contributed by atoms with Crippen LogP contribution in [0.15, 0.2) is 12.7 Å². The molecule has 0 aromatic rings. The molecule has 5 nitrogen and oxygen atoms in total. The summed E-state index contributed by atoms with van der Waals surface area (Å²) in [4.78, 5) is 21.0. The quantitative estimate of drug-likeness (QED) is 0.490. The van der Waals surface area contributed by atoms with E-state index in [1.54, 1.807) is 6.08 Å². The average Bonchev–Trinajstić information content (AvgIpc) is 2.10. The third-order valence-corrected chi connectivity index (χ3v) is 1.35. The van der Waals surface area contributed by atoms with Crippen LogP contribution in [0, 0.1) is 0 Å². The Hall–Kier alpha value is -1.36. The van der Waals surface area contributed by atoms with E-state index in [4.69, 9.17) is 10.2 Å². The summed E-state index contributed by atoms with van der Waals surface area (Å²) in [5.41, 5.74) is 0. The molecule has 0 unspecified atom stereocenters. The van der Waals surface area contributed by atoms with Crippen molar-refractivity contribution in [3.63, 3.8) is 0 Å². The Morgan fingerprint density at radius 1 is 1.54 bits per heavy atom. The number of rotatable bonds is 6. The fourth-order valence-corrected chi connectivity index (χ4v) is 0.619. The summed E-state index contributed by atoms with van der Waals surface area (Å²) in [6.45, 7) is 3.17. The number of aliphatic hydroxyl groups is 1. The molecule has 0 aromatic carbocycles. The number of carboxylic acid groups (broad SMARTS) is 1. The third-order valence-electron chi connectivity index (χ3n) is 1.35. The second-order valence-electron chi connectivity index (χ2n) is 2.49. The molecule has 0 heterocycles. The molecular weight excluding hydrogens is 174 g/mol. The van der Waals surface area contributed by atoms with Crippen LogP contribution in [-0.4, -0.2) is 34.7 Å². The summed E-state index contributed by atoms with van der Waals surface area (Å²) < 4.78 is 0. The van der Waals surface area contributed by atoms with Crippen molar-refractivity contribution >= 4 is 11.9 Å². The summed E-state index contributed by atoms with van der Waals surface area (Å²) in [5.74, 6) is -1.63. The first-order valence-corrected chi connectivity index (χ1v) is 3.86. The minimum absolute atomic E-state index is 0.259. The summed E-state index contributed by atoms with van der Waals surface area (Å²) in [7, 11) is 0. The predicted molar refractivity (Wildman–Crippen MR) is 46.1 cm³/mol. The van der Waals surface area contributed by atoms with E-state index in [-0.39, 0.29) is 18.9 Å². The zero-order valence-electron chi connectivity index (χ0n) is 7.19. The number of hydrogen-bond donors (Lipinski definition) is 3. The average molecular weight is 187 g/mol. The smallest absolute Gasteiger partial charge is 0.334 e. The second-order valence-corrected chi connectivity index (χ2v) is 2.49. The van der Waals surface area contributed by atoms with Gasteiger partial charge in [0.2, 0.25) is 5.91 Å². The maximum atomic E-state index is 10.9. The molecule has 0 aliphatic rings. The van der Waals surface area contributed by atoms with Crippen LogP contribution in [0.4, 0.5) is 0 Å². The van der Waals surface area contributed by atoms with E-state index in [1.807, 2.05) is 0 Å². The molecular formula is C8H13NO4. The monoisotopic (exact) mass is 187 g/mol. The van der Waals surface area contributed by atoms with Crippen molar-refractivity contribution < 1.29 is 19.8 Å². The molecule has 1 amide bonds. The Kier molecular flexibility index (Phi) is 5.54. The highest BCUT2D eigenvalue weighted by Crippen LogP contribution is 1.89. The van der Waals surface area contributed by atoms with E-state index in [0.717, 1.165) is 0 Å². The van der Waals surface area contributed by atoms with Crippen molar-refractivity contribution in [1.82, 2.24) is 5.32 Å². The van der Waals surface area contributed by atoms with Gasteiger partial charge in [0.15, 0.2) is 6.10 Å². The Labute approximate surface area is 76.1 Å². The van der Waals surface area contributed by atoms with Crippen molar-refractivity contribution in [3.8, 4) is 0 Å². The molecule has 0 radical (unpaired) electrons. The van der Waals surface area contributed by atoms with Crippen LogP contribution in [0.1, 0.15) is 12.8 Å². The lowest BCUT2D eigenvalue weighted by atomic mass is 10.3. The minimum atomic E-state index is -1.53. The van der Waals surface area contributed by atoms with Gasteiger partial charge in [0.25, 0.3) is 0 Å². The molecule has 0 aliphatic carbocycles. The molecule has 1 atom stereocenters. The largest absolute Gasteiger partial charge is 0.479 e. The van der Waals surface area contributed by atoms with Gasteiger partial charge in [-0.25, -0.2) is 4.79 Å². The van der Waals surface area contributed by atoms with Gasteiger partial charge in [-0.3, -0.25) is 4.79 Å². The van der Waals surface area contributed by atoms with Crippen molar-refractivity contribution in [2.24, 2.45) is 0 Å². The van der Waals surface area contributed by atoms with E-state index >= 15 is 0 Å². The molecule has 0 aliphatic heterocycles. The zero-order valence-corrected chi connectivity index (χ0v) is 7.19. The van der Waals surface area contributed by atoms with Crippen LogP contribution in [-0.2, 0) is 9.59 Å². The first kappa shape index (κ1) is 11.6. The highest BCUT2D eigenvalue weighted by molar-refractivity contribution is 5.78. The fraction of sp³-hybridized carbons (Fsp3) is 0.500. The third kappa shape index (κ3) is 5.86. The number of aliphatic hydroxyl groups excluding tert-OH is 1. The van der Waals surface area contributed by atoms with Gasteiger partial charge in [0.05, 0.1) is 6.54 Å². The van der Waals surface area contributed by atoms with E-state index in [0.29, 0.717) is 6.42 Å². The number of aliphatic carboxylic acids is 1. The van der Waals surface area contributed by atoms with Gasteiger partial charge in [0, 0.05) is 6.42 Å². The van der Waals surface area contributed by atoms with Crippen LogP contribution in [0.3, 0.4) is 0 Å². The summed E-state index contributed by atoms with van der Waals surface area (Å²) in [6.07, 6.45) is 0.852. The molecule has 74 valence electrons.